The largest absolute Gasteiger partial charge is 0.315 e. The van der Waals surface area contributed by atoms with Crippen molar-refractivity contribution < 1.29 is 0 Å². The summed E-state index contributed by atoms with van der Waals surface area (Å²) in [5, 5.41) is 3.48. The molecular weight excluding hydrogens is 288 g/mol. The number of aryl methyl sites for hydroxylation is 1. The van der Waals surface area contributed by atoms with Gasteiger partial charge in [-0.3, -0.25) is 0 Å². The second kappa shape index (κ2) is 7.93. The molecule has 0 heterocycles. The van der Waals surface area contributed by atoms with E-state index in [1.54, 1.807) is 0 Å². The summed E-state index contributed by atoms with van der Waals surface area (Å²) >= 11 is 3.54. The third-order valence-electron chi connectivity index (χ3n) is 2.97. The first-order valence-corrected chi connectivity index (χ1v) is 7.42. The van der Waals surface area contributed by atoms with Gasteiger partial charge >= 0.3 is 0 Å². The Bertz CT molecular complexity index is 364. The average Bonchev–Trinajstić information content (AvgIpc) is 2.29. The van der Waals surface area contributed by atoms with E-state index >= 15 is 0 Å². The lowest BCUT2D eigenvalue weighted by Crippen LogP contribution is -2.31. The van der Waals surface area contributed by atoms with E-state index in [4.69, 9.17) is 0 Å². The van der Waals surface area contributed by atoms with Crippen LogP contribution in [0.15, 0.2) is 22.7 Å². The number of halogens is 1. The molecule has 0 saturated carbocycles. The van der Waals surface area contributed by atoms with Gasteiger partial charge in [0.2, 0.25) is 0 Å². The molecule has 0 aliphatic heterocycles. The normalized spacial score (nSPS) is 11.5. The molecule has 1 aromatic rings. The van der Waals surface area contributed by atoms with E-state index in [0.29, 0.717) is 0 Å². The molecule has 0 radical (unpaired) electrons. The molecule has 0 saturated heterocycles. The van der Waals surface area contributed by atoms with Gasteiger partial charge in [0, 0.05) is 24.1 Å². The quantitative estimate of drug-likeness (QED) is 0.776. The average molecular weight is 313 g/mol. The van der Waals surface area contributed by atoms with Crippen LogP contribution in [0.3, 0.4) is 0 Å². The first-order valence-electron chi connectivity index (χ1n) is 6.63. The zero-order chi connectivity index (χ0) is 13.5. The van der Waals surface area contributed by atoms with Gasteiger partial charge in [0.1, 0.15) is 0 Å². The maximum Gasteiger partial charge on any atom is 0.0234 e. The Morgan fingerprint density at radius 1 is 1.33 bits per heavy atom. The predicted molar refractivity (Wildman–Crippen MR) is 82.9 cm³/mol. The highest BCUT2D eigenvalue weighted by Gasteiger charge is 2.04. The van der Waals surface area contributed by atoms with Gasteiger partial charge < -0.3 is 10.2 Å². The van der Waals surface area contributed by atoms with Crippen molar-refractivity contribution in [2.45, 2.75) is 27.3 Å². The van der Waals surface area contributed by atoms with Crippen LogP contribution in [-0.2, 0) is 6.54 Å². The summed E-state index contributed by atoms with van der Waals surface area (Å²) in [5.41, 5.74) is 2.76. The highest BCUT2D eigenvalue weighted by atomic mass is 79.9. The molecule has 0 fully saturated rings. The maximum atomic E-state index is 3.54. The van der Waals surface area contributed by atoms with Crippen LogP contribution in [0.1, 0.15) is 25.0 Å². The first-order chi connectivity index (χ1) is 8.49. The molecule has 0 atom stereocenters. The number of rotatable bonds is 7. The van der Waals surface area contributed by atoms with Crippen LogP contribution in [0, 0.1) is 12.8 Å². The standard InChI is InChI=1S/C15H25BrN2/c1-12(2)10-17-7-8-18(4)11-14-9-15(16)6-5-13(14)3/h5-6,9,12,17H,7-8,10-11H2,1-4H3. The highest BCUT2D eigenvalue weighted by Crippen LogP contribution is 2.17. The molecule has 3 heteroatoms. The molecule has 1 aromatic carbocycles. The van der Waals surface area contributed by atoms with Crippen molar-refractivity contribution in [3.63, 3.8) is 0 Å². The summed E-state index contributed by atoms with van der Waals surface area (Å²) < 4.78 is 1.16. The number of likely N-dealkylation sites (N-methyl/N-ethyl adjacent to an activating group) is 1. The third-order valence-corrected chi connectivity index (χ3v) is 3.47. The van der Waals surface area contributed by atoms with Crippen molar-refractivity contribution >= 4 is 15.9 Å². The molecule has 102 valence electrons. The Morgan fingerprint density at radius 3 is 2.72 bits per heavy atom. The molecule has 0 aliphatic carbocycles. The summed E-state index contributed by atoms with van der Waals surface area (Å²) in [5.74, 6) is 0.725. The Labute approximate surface area is 120 Å². The number of nitrogens with zero attached hydrogens (tertiary/aromatic N) is 1. The molecule has 0 amide bonds. The monoisotopic (exact) mass is 312 g/mol. The first kappa shape index (κ1) is 15.7. The fraction of sp³-hybridized carbons (Fsp3) is 0.600. The van der Waals surface area contributed by atoms with E-state index < -0.39 is 0 Å². The molecule has 0 bridgehead atoms. The molecule has 1 rings (SSSR count). The van der Waals surface area contributed by atoms with Gasteiger partial charge in [-0.1, -0.05) is 35.8 Å². The molecule has 0 aromatic heterocycles. The Balaban J connectivity index is 2.35. The molecule has 0 unspecified atom stereocenters. The minimum Gasteiger partial charge on any atom is -0.315 e. The van der Waals surface area contributed by atoms with Gasteiger partial charge in [-0.2, -0.15) is 0 Å². The van der Waals surface area contributed by atoms with Gasteiger partial charge in [-0.25, -0.2) is 0 Å². The van der Waals surface area contributed by atoms with Crippen LogP contribution in [0.5, 0.6) is 0 Å². The Hall–Kier alpha value is -0.380. The Kier molecular flexibility index (Phi) is 6.90. The van der Waals surface area contributed by atoms with E-state index in [9.17, 15) is 0 Å². The van der Waals surface area contributed by atoms with Crippen LogP contribution >= 0.6 is 15.9 Å². The van der Waals surface area contributed by atoms with E-state index in [1.807, 2.05) is 0 Å². The van der Waals surface area contributed by atoms with Crippen LogP contribution < -0.4 is 5.32 Å². The van der Waals surface area contributed by atoms with E-state index in [-0.39, 0.29) is 0 Å². The van der Waals surface area contributed by atoms with Crippen LogP contribution in [0.25, 0.3) is 0 Å². The highest BCUT2D eigenvalue weighted by molar-refractivity contribution is 9.10. The lowest BCUT2D eigenvalue weighted by Gasteiger charge is -2.19. The third kappa shape index (κ3) is 5.98. The molecule has 2 nitrogen and oxygen atoms in total. The summed E-state index contributed by atoms with van der Waals surface area (Å²) in [4.78, 5) is 2.36. The van der Waals surface area contributed by atoms with Gasteiger partial charge in [0.05, 0.1) is 0 Å². The van der Waals surface area contributed by atoms with Crippen LogP contribution in [-0.4, -0.2) is 31.6 Å². The lowest BCUT2D eigenvalue weighted by atomic mass is 10.1. The van der Waals surface area contributed by atoms with Gasteiger partial charge in [0.25, 0.3) is 0 Å². The number of hydrogen-bond donors (Lipinski definition) is 1. The summed E-state index contributed by atoms with van der Waals surface area (Å²) in [6, 6.07) is 6.49. The topological polar surface area (TPSA) is 15.3 Å². The van der Waals surface area contributed by atoms with Crippen molar-refractivity contribution in [3.05, 3.63) is 33.8 Å². The van der Waals surface area contributed by atoms with E-state index in [2.05, 4.69) is 72.2 Å². The fourth-order valence-electron chi connectivity index (χ4n) is 1.84. The van der Waals surface area contributed by atoms with Crippen molar-refractivity contribution in [3.8, 4) is 0 Å². The second-order valence-electron chi connectivity index (χ2n) is 5.41. The van der Waals surface area contributed by atoms with Crippen molar-refractivity contribution in [1.29, 1.82) is 0 Å². The summed E-state index contributed by atoms with van der Waals surface area (Å²) in [6.45, 7) is 10.9. The zero-order valence-electron chi connectivity index (χ0n) is 12.0. The fourth-order valence-corrected chi connectivity index (χ4v) is 2.25. The SMILES string of the molecule is Cc1ccc(Br)cc1CN(C)CCNCC(C)C. The van der Waals surface area contributed by atoms with Gasteiger partial charge in [-0.05, 0) is 49.7 Å². The maximum absolute atomic E-state index is 3.54. The summed E-state index contributed by atoms with van der Waals surface area (Å²) in [7, 11) is 2.18. The molecule has 18 heavy (non-hydrogen) atoms. The molecule has 0 aliphatic rings. The van der Waals surface area contributed by atoms with Crippen molar-refractivity contribution in [2.75, 3.05) is 26.7 Å². The molecule has 0 spiro atoms. The predicted octanol–water partition coefficient (Wildman–Crippen LogP) is 3.43. The van der Waals surface area contributed by atoms with Gasteiger partial charge in [0.15, 0.2) is 0 Å². The van der Waals surface area contributed by atoms with Crippen molar-refractivity contribution in [2.24, 2.45) is 5.92 Å². The van der Waals surface area contributed by atoms with Crippen LogP contribution in [0.4, 0.5) is 0 Å². The molecule has 1 N–H and O–H groups in total. The van der Waals surface area contributed by atoms with E-state index in [1.165, 1.54) is 11.1 Å². The second-order valence-corrected chi connectivity index (χ2v) is 6.32. The zero-order valence-corrected chi connectivity index (χ0v) is 13.5. The smallest absolute Gasteiger partial charge is 0.0234 e. The Morgan fingerprint density at radius 2 is 2.06 bits per heavy atom. The lowest BCUT2D eigenvalue weighted by molar-refractivity contribution is 0.321. The number of hydrogen-bond acceptors (Lipinski definition) is 2. The minimum atomic E-state index is 0.725. The van der Waals surface area contributed by atoms with Crippen molar-refractivity contribution in [1.82, 2.24) is 10.2 Å². The minimum absolute atomic E-state index is 0.725. The number of nitrogens with one attached hydrogen (secondary N) is 1. The molecular formula is C15H25BrN2. The van der Waals surface area contributed by atoms with E-state index in [0.717, 1.165) is 36.6 Å². The van der Waals surface area contributed by atoms with Gasteiger partial charge in [-0.15, -0.1) is 0 Å². The summed E-state index contributed by atoms with van der Waals surface area (Å²) in [6.07, 6.45) is 0. The number of benzene rings is 1. The van der Waals surface area contributed by atoms with Crippen LogP contribution in [0.2, 0.25) is 0 Å².